The van der Waals surface area contributed by atoms with Crippen LogP contribution < -0.4 is 11.1 Å². The van der Waals surface area contributed by atoms with Crippen molar-refractivity contribution in [3.8, 4) is 0 Å². The lowest BCUT2D eigenvalue weighted by atomic mass is 10.3. The third-order valence-corrected chi connectivity index (χ3v) is 1.00. The molecule has 0 aromatic heterocycles. The molecule has 0 radical (unpaired) electrons. The second kappa shape index (κ2) is 4.50. The normalized spacial score (nSPS) is 12.5. The Kier molecular flexibility index (Phi) is 4.36. The molecule has 0 amide bonds. The van der Waals surface area contributed by atoms with Gasteiger partial charge in [-0.2, -0.15) is 8.78 Å². The second-order valence-corrected chi connectivity index (χ2v) is 2.03. The Morgan fingerprint density at radius 3 is 2.27 bits per heavy atom. The zero-order valence-corrected chi connectivity index (χ0v) is 5.79. The highest BCUT2D eigenvalue weighted by atomic mass is 19.3. The number of alkyl halides is 4. The monoisotopic (exact) mass is 174 g/mol. The molecule has 0 saturated carbocycles. The Bertz CT molecular complexity index is 107. The van der Waals surface area contributed by atoms with Crippen LogP contribution in [0.3, 0.4) is 0 Å². The zero-order valence-electron chi connectivity index (χ0n) is 5.79. The molecule has 3 N–H and O–H groups in total. The van der Waals surface area contributed by atoms with E-state index in [1.54, 1.807) is 0 Å². The third kappa shape index (κ3) is 4.15. The highest BCUT2D eigenvalue weighted by Gasteiger charge is 2.39. The highest BCUT2D eigenvalue weighted by molar-refractivity contribution is 4.71. The summed E-state index contributed by atoms with van der Waals surface area (Å²) in [7, 11) is 0. The van der Waals surface area contributed by atoms with Gasteiger partial charge in [-0.05, 0) is 0 Å². The Morgan fingerprint density at radius 2 is 1.91 bits per heavy atom. The maximum atomic E-state index is 12.0. The Morgan fingerprint density at radius 1 is 1.36 bits per heavy atom. The van der Waals surface area contributed by atoms with E-state index in [9.17, 15) is 17.6 Å². The summed E-state index contributed by atoms with van der Waals surface area (Å²) in [5.74, 6) is -3.95. The predicted octanol–water partition coefficient (Wildman–Crippen LogP) is 0.435. The quantitative estimate of drug-likeness (QED) is 0.468. The van der Waals surface area contributed by atoms with Crippen LogP contribution >= 0.6 is 0 Å². The molecule has 0 saturated heterocycles. The summed E-state index contributed by atoms with van der Waals surface area (Å²) in [6.07, 6.45) is -3.62. The molecule has 0 aliphatic heterocycles. The number of hydrogen-bond donors (Lipinski definition) is 2. The molecule has 6 heteroatoms. The molecular weight excluding hydrogens is 164 g/mol. The minimum absolute atomic E-state index is 0.113. The van der Waals surface area contributed by atoms with Crippen LogP contribution in [-0.2, 0) is 0 Å². The van der Waals surface area contributed by atoms with Gasteiger partial charge in [0.25, 0.3) is 0 Å². The molecule has 0 aliphatic rings. The van der Waals surface area contributed by atoms with Gasteiger partial charge < -0.3 is 11.1 Å². The minimum atomic E-state index is -3.95. The molecular formula is C5H10F4N2. The van der Waals surface area contributed by atoms with Crippen LogP contribution in [0.5, 0.6) is 0 Å². The molecule has 0 spiro atoms. The highest BCUT2D eigenvalue weighted by Crippen LogP contribution is 2.21. The lowest BCUT2D eigenvalue weighted by Gasteiger charge is -2.14. The van der Waals surface area contributed by atoms with Gasteiger partial charge in [0.05, 0.1) is 6.54 Å². The number of nitrogens with one attached hydrogen (secondary N) is 1. The van der Waals surface area contributed by atoms with Gasteiger partial charge in [-0.1, -0.05) is 0 Å². The van der Waals surface area contributed by atoms with Gasteiger partial charge in [-0.15, -0.1) is 0 Å². The van der Waals surface area contributed by atoms with Crippen LogP contribution in [0.25, 0.3) is 0 Å². The van der Waals surface area contributed by atoms with Crippen molar-refractivity contribution >= 4 is 0 Å². The first-order valence-electron chi connectivity index (χ1n) is 3.07. The summed E-state index contributed by atoms with van der Waals surface area (Å²) in [5, 5.41) is 2.10. The fourth-order valence-corrected chi connectivity index (χ4v) is 0.434. The fourth-order valence-electron chi connectivity index (χ4n) is 0.434. The standard InChI is InChI=1S/C5H10F4N2/c6-4(7)5(8,9)3-11-2-1-10/h4,11H,1-3,10H2. The maximum absolute atomic E-state index is 12.0. The Balaban J connectivity index is 3.55. The van der Waals surface area contributed by atoms with E-state index >= 15 is 0 Å². The molecule has 0 aliphatic carbocycles. The molecule has 0 fully saturated rings. The topological polar surface area (TPSA) is 38.0 Å². The van der Waals surface area contributed by atoms with E-state index in [4.69, 9.17) is 5.73 Å². The van der Waals surface area contributed by atoms with Crippen LogP contribution in [0.4, 0.5) is 17.6 Å². The first-order valence-corrected chi connectivity index (χ1v) is 3.07. The molecule has 0 aromatic rings. The fraction of sp³-hybridized carbons (Fsp3) is 1.00. The third-order valence-electron chi connectivity index (χ3n) is 1.00. The summed E-state index contributed by atoms with van der Waals surface area (Å²) in [5.41, 5.74) is 4.94. The summed E-state index contributed by atoms with van der Waals surface area (Å²) in [6.45, 7) is -0.760. The van der Waals surface area contributed by atoms with Gasteiger partial charge >= 0.3 is 12.3 Å². The summed E-state index contributed by atoms with van der Waals surface area (Å²) in [6, 6.07) is 0. The van der Waals surface area contributed by atoms with Crippen molar-refractivity contribution in [2.45, 2.75) is 12.3 Å². The smallest absolute Gasteiger partial charge is 0.319 e. The van der Waals surface area contributed by atoms with Crippen molar-refractivity contribution in [2.75, 3.05) is 19.6 Å². The van der Waals surface area contributed by atoms with Crippen LogP contribution in [0, 0.1) is 0 Å². The van der Waals surface area contributed by atoms with E-state index < -0.39 is 18.9 Å². The molecule has 0 bridgehead atoms. The number of nitrogens with two attached hydrogens (primary N) is 1. The Labute approximate surface area is 61.8 Å². The van der Waals surface area contributed by atoms with Crippen molar-refractivity contribution in [1.82, 2.24) is 5.32 Å². The first kappa shape index (κ1) is 10.6. The predicted molar refractivity (Wildman–Crippen MR) is 32.9 cm³/mol. The minimum Gasteiger partial charge on any atom is -0.329 e. The van der Waals surface area contributed by atoms with E-state index in [0.717, 1.165) is 0 Å². The van der Waals surface area contributed by atoms with Gasteiger partial charge in [0.1, 0.15) is 0 Å². The van der Waals surface area contributed by atoms with Gasteiger partial charge in [0, 0.05) is 13.1 Å². The van der Waals surface area contributed by atoms with E-state index in [2.05, 4.69) is 5.32 Å². The maximum Gasteiger partial charge on any atom is 0.319 e. The lowest BCUT2D eigenvalue weighted by Crippen LogP contribution is -2.40. The van der Waals surface area contributed by atoms with E-state index in [-0.39, 0.29) is 13.1 Å². The lowest BCUT2D eigenvalue weighted by molar-refractivity contribution is -0.124. The van der Waals surface area contributed by atoms with E-state index in [1.165, 1.54) is 0 Å². The summed E-state index contributed by atoms with van der Waals surface area (Å²) >= 11 is 0. The molecule has 68 valence electrons. The van der Waals surface area contributed by atoms with Crippen LogP contribution in [0.2, 0.25) is 0 Å². The molecule has 0 aromatic carbocycles. The van der Waals surface area contributed by atoms with Crippen molar-refractivity contribution in [2.24, 2.45) is 5.73 Å². The van der Waals surface area contributed by atoms with Gasteiger partial charge in [-0.3, -0.25) is 0 Å². The van der Waals surface area contributed by atoms with Crippen LogP contribution in [-0.4, -0.2) is 32.0 Å². The molecule has 0 unspecified atom stereocenters. The van der Waals surface area contributed by atoms with Crippen molar-refractivity contribution in [3.05, 3.63) is 0 Å². The van der Waals surface area contributed by atoms with Crippen LogP contribution in [0.15, 0.2) is 0 Å². The molecule has 2 nitrogen and oxygen atoms in total. The van der Waals surface area contributed by atoms with Gasteiger partial charge in [0.2, 0.25) is 0 Å². The van der Waals surface area contributed by atoms with Gasteiger partial charge in [0.15, 0.2) is 0 Å². The number of halogens is 4. The van der Waals surface area contributed by atoms with E-state index in [1.807, 2.05) is 0 Å². The van der Waals surface area contributed by atoms with Crippen molar-refractivity contribution < 1.29 is 17.6 Å². The summed E-state index contributed by atoms with van der Waals surface area (Å²) < 4.78 is 46.9. The first-order chi connectivity index (χ1) is 5.00. The van der Waals surface area contributed by atoms with Crippen LogP contribution in [0.1, 0.15) is 0 Å². The van der Waals surface area contributed by atoms with Gasteiger partial charge in [-0.25, -0.2) is 8.78 Å². The van der Waals surface area contributed by atoms with E-state index in [0.29, 0.717) is 0 Å². The molecule has 11 heavy (non-hydrogen) atoms. The largest absolute Gasteiger partial charge is 0.329 e. The molecule has 0 atom stereocenters. The molecule has 0 heterocycles. The van der Waals surface area contributed by atoms with Crippen molar-refractivity contribution in [3.63, 3.8) is 0 Å². The number of hydrogen-bond acceptors (Lipinski definition) is 2. The SMILES string of the molecule is NCCNCC(F)(F)C(F)F. The second-order valence-electron chi connectivity index (χ2n) is 2.03. The summed E-state index contributed by atoms with van der Waals surface area (Å²) in [4.78, 5) is 0. The average Bonchev–Trinajstić information content (AvgIpc) is 1.88. The Hall–Kier alpha value is -0.360. The zero-order chi connectivity index (χ0) is 8.91. The average molecular weight is 174 g/mol. The van der Waals surface area contributed by atoms with Crippen molar-refractivity contribution in [1.29, 1.82) is 0 Å². The molecule has 0 rings (SSSR count). The number of rotatable bonds is 5.